The van der Waals surface area contributed by atoms with Gasteiger partial charge in [0.2, 0.25) is 11.8 Å². The first-order valence-electron chi connectivity index (χ1n) is 9.57. The van der Waals surface area contributed by atoms with E-state index in [0.29, 0.717) is 23.2 Å². The van der Waals surface area contributed by atoms with Crippen LogP contribution >= 0.6 is 0 Å². The van der Waals surface area contributed by atoms with E-state index in [1.807, 2.05) is 68.4 Å². The summed E-state index contributed by atoms with van der Waals surface area (Å²) in [5.41, 5.74) is 4.49. The van der Waals surface area contributed by atoms with Crippen LogP contribution < -0.4 is 10.1 Å². The Kier molecular flexibility index (Phi) is 5.57. The Bertz CT molecular complexity index is 1130. The van der Waals surface area contributed by atoms with E-state index in [9.17, 15) is 4.79 Å². The van der Waals surface area contributed by atoms with Crippen molar-refractivity contribution in [3.63, 3.8) is 0 Å². The third-order valence-corrected chi connectivity index (χ3v) is 4.43. The molecule has 4 rings (SSSR count). The Morgan fingerprint density at radius 1 is 0.867 bits per heavy atom. The summed E-state index contributed by atoms with van der Waals surface area (Å²) < 4.78 is 11.3. The van der Waals surface area contributed by atoms with Crippen molar-refractivity contribution in [2.24, 2.45) is 0 Å². The second kappa shape index (κ2) is 8.61. The van der Waals surface area contributed by atoms with Crippen molar-refractivity contribution in [2.75, 3.05) is 11.9 Å². The van der Waals surface area contributed by atoms with Gasteiger partial charge in [-0.1, -0.05) is 24.3 Å². The van der Waals surface area contributed by atoms with Crippen molar-refractivity contribution in [3.05, 3.63) is 83.9 Å². The van der Waals surface area contributed by atoms with Crippen molar-refractivity contribution in [1.29, 1.82) is 0 Å². The Labute approximate surface area is 174 Å². The molecule has 0 aliphatic heterocycles. The van der Waals surface area contributed by atoms with Gasteiger partial charge in [-0.3, -0.25) is 4.79 Å². The minimum Gasteiger partial charge on any atom is -0.484 e. The maximum Gasteiger partial charge on any atom is 0.262 e. The normalized spacial score (nSPS) is 10.6. The van der Waals surface area contributed by atoms with Gasteiger partial charge in [0.1, 0.15) is 5.75 Å². The number of nitrogens with one attached hydrogen (secondary N) is 1. The van der Waals surface area contributed by atoms with Crippen LogP contribution in [0.2, 0.25) is 0 Å². The quantitative estimate of drug-likeness (QED) is 0.492. The number of hydrogen-bond donors (Lipinski definition) is 1. The van der Waals surface area contributed by atoms with E-state index in [1.165, 1.54) is 0 Å². The summed E-state index contributed by atoms with van der Waals surface area (Å²) in [5.74, 6) is 1.34. The summed E-state index contributed by atoms with van der Waals surface area (Å²) in [5, 5.41) is 11.0. The molecule has 0 radical (unpaired) electrons. The predicted molar refractivity (Wildman–Crippen MR) is 115 cm³/mol. The molecule has 150 valence electrons. The smallest absolute Gasteiger partial charge is 0.262 e. The second-order valence-electron chi connectivity index (χ2n) is 7.02. The Hall–Kier alpha value is -3.93. The van der Waals surface area contributed by atoms with Gasteiger partial charge in [-0.15, -0.1) is 10.2 Å². The number of hydrogen-bond acceptors (Lipinski definition) is 5. The van der Waals surface area contributed by atoms with Gasteiger partial charge < -0.3 is 14.5 Å². The van der Waals surface area contributed by atoms with Crippen molar-refractivity contribution in [2.45, 2.75) is 13.8 Å². The largest absolute Gasteiger partial charge is 0.484 e. The van der Waals surface area contributed by atoms with Gasteiger partial charge in [0.05, 0.1) is 0 Å². The average molecular weight is 399 g/mol. The van der Waals surface area contributed by atoms with Crippen molar-refractivity contribution >= 4 is 11.6 Å². The highest BCUT2D eigenvalue weighted by atomic mass is 16.5. The Morgan fingerprint density at radius 3 is 2.10 bits per heavy atom. The molecule has 0 spiro atoms. The van der Waals surface area contributed by atoms with Crippen LogP contribution in [-0.2, 0) is 4.79 Å². The standard InChI is InChI=1S/C24H21N3O3/c1-16-12-17(2)14-21(13-16)29-15-22(28)25-20-10-8-19(9-11-20)24-27-26-23(30-24)18-6-4-3-5-7-18/h3-14H,15H2,1-2H3,(H,25,28). The van der Waals surface area contributed by atoms with Crippen LogP contribution in [0.1, 0.15) is 11.1 Å². The third kappa shape index (κ3) is 4.72. The van der Waals surface area contributed by atoms with E-state index in [-0.39, 0.29) is 12.5 Å². The predicted octanol–water partition coefficient (Wildman–Crippen LogP) is 5.04. The van der Waals surface area contributed by atoms with Crippen molar-refractivity contribution in [1.82, 2.24) is 10.2 Å². The minimum absolute atomic E-state index is 0.0608. The molecule has 0 saturated carbocycles. The van der Waals surface area contributed by atoms with Crippen molar-refractivity contribution in [3.8, 4) is 28.7 Å². The summed E-state index contributed by atoms with van der Waals surface area (Å²) in [6.07, 6.45) is 0. The summed E-state index contributed by atoms with van der Waals surface area (Å²) in [4.78, 5) is 12.2. The van der Waals surface area contributed by atoms with Gasteiger partial charge in [0, 0.05) is 16.8 Å². The number of amides is 1. The van der Waals surface area contributed by atoms with E-state index in [2.05, 4.69) is 21.6 Å². The lowest BCUT2D eigenvalue weighted by Gasteiger charge is -2.09. The average Bonchev–Trinajstić information content (AvgIpc) is 3.23. The zero-order valence-corrected chi connectivity index (χ0v) is 16.8. The fraction of sp³-hybridized carbons (Fsp3) is 0.125. The molecule has 1 N–H and O–H groups in total. The summed E-state index contributed by atoms with van der Waals surface area (Å²) in [6.45, 7) is 3.93. The van der Waals surface area contributed by atoms with Crippen LogP contribution in [0.25, 0.3) is 22.9 Å². The third-order valence-electron chi connectivity index (χ3n) is 4.43. The first-order chi connectivity index (χ1) is 14.6. The number of benzene rings is 3. The molecule has 0 aliphatic carbocycles. The lowest BCUT2D eigenvalue weighted by molar-refractivity contribution is -0.118. The highest BCUT2D eigenvalue weighted by Crippen LogP contribution is 2.24. The number of anilines is 1. The molecule has 0 bridgehead atoms. The molecule has 6 nitrogen and oxygen atoms in total. The number of nitrogens with zero attached hydrogens (tertiary/aromatic N) is 2. The second-order valence-corrected chi connectivity index (χ2v) is 7.02. The lowest BCUT2D eigenvalue weighted by atomic mass is 10.1. The van der Waals surface area contributed by atoms with Crippen LogP contribution in [0, 0.1) is 13.8 Å². The molecule has 0 fully saturated rings. The molecule has 1 aromatic heterocycles. The van der Waals surface area contributed by atoms with E-state index < -0.39 is 0 Å². The number of carbonyl (C=O) groups excluding carboxylic acids is 1. The first-order valence-corrected chi connectivity index (χ1v) is 9.57. The first kappa shape index (κ1) is 19.4. The molecule has 1 amide bonds. The van der Waals surface area contributed by atoms with Crippen molar-refractivity contribution < 1.29 is 13.9 Å². The maximum atomic E-state index is 12.2. The van der Waals surface area contributed by atoms with E-state index >= 15 is 0 Å². The van der Waals surface area contributed by atoms with E-state index in [0.717, 1.165) is 22.3 Å². The van der Waals surface area contributed by atoms with E-state index in [4.69, 9.17) is 9.15 Å². The summed E-state index contributed by atoms with van der Waals surface area (Å²) in [7, 11) is 0. The maximum absolute atomic E-state index is 12.2. The number of aromatic nitrogens is 2. The van der Waals surface area contributed by atoms with Crippen LogP contribution in [0.4, 0.5) is 5.69 Å². The SMILES string of the molecule is Cc1cc(C)cc(OCC(=O)Nc2ccc(-c3nnc(-c4ccccc4)o3)cc2)c1. The summed E-state index contributed by atoms with van der Waals surface area (Å²) >= 11 is 0. The van der Waals surface area contributed by atoms with E-state index in [1.54, 1.807) is 12.1 Å². The zero-order valence-electron chi connectivity index (χ0n) is 16.8. The van der Waals surface area contributed by atoms with Gasteiger partial charge in [-0.05, 0) is 73.5 Å². The van der Waals surface area contributed by atoms with Crippen LogP contribution in [-0.4, -0.2) is 22.7 Å². The van der Waals surface area contributed by atoms with Crippen LogP contribution in [0.3, 0.4) is 0 Å². The topological polar surface area (TPSA) is 77.2 Å². The number of carbonyl (C=O) groups is 1. The van der Waals surface area contributed by atoms with Gasteiger partial charge in [-0.25, -0.2) is 0 Å². The molecular formula is C24H21N3O3. The van der Waals surface area contributed by atoms with Gasteiger partial charge >= 0.3 is 0 Å². The number of rotatable bonds is 6. The Morgan fingerprint density at radius 2 is 1.47 bits per heavy atom. The molecule has 0 atom stereocenters. The number of aryl methyl sites for hydroxylation is 2. The van der Waals surface area contributed by atoms with Gasteiger partial charge in [0.15, 0.2) is 6.61 Å². The molecule has 1 heterocycles. The Balaban J connectivity index is 1.36. The van der Waals surface area contributed by atoms with Gasteiger partial charge in [-0.2, -0.15) is 0 Å². The lowest BCUT2D eigenvalue weighted by Crippen LogP contribution is -2.20. The fourth-order valence-electron chi connectivity index (χ4n) is 3.10. The monoisotopic (exact) mass is 399 g/mol. The van der Waals surface area contributed by atoms with Crippen LogP contribution in [0.5, 0.6) is 5.75 Å². The molecule has 3 aromatic carbocycles. The summed E-state index contributed by atoms with van der Waals surface area (Å²) in [6, 6.07) is 22.7. The van der Waals surface area contributed by atoms with Gasteiger partial charge in [0.25, 0.3) is 5.91 Å². The molecule has 30 heavy (non-hydrogen) atoms. The fourth-order valence-corrected chi connectivity index (χ4v) is 3.10. The molecule has 6 heteroatoms. The molecule has 4 aromatic rings. The number of ether oxygens (including phenoxy) is 1. The molecule has 0 aliphatic rings. The zero-order chi connectivity index (χ0) is 20.9. The molecular weight excluding hydrogens is 378 g/mol. The highest BCUT2D eigenvalue weighted by Gasteiger charge is 2.11. The molecule has 0 saturated heterocycles. The molecule has 0 unspecified atom stereocenters. The highest BCUT2D eigenvalue weighted by molar-refractivity contribution is 5.92. The minimum atomic E-state index is -0.230. The van der Waals surface area contributed by atoms with Crippen LogP contribution in [0.15, 0.2) is 77.2 Å².